The number of halogens is 1. The van der Waals surface area contributed by atoms with Crippen molar-refractivity contribution in [3.63, 3.8) is 0 Å². The minimum atomic E-state index is 0.321. The molecule has 3 heterocycles. The minimum absolute atomic E-state index is 0.321. The van der Waals surface area contributed by atoms with Crippen molar-refractivity contribution in [3.05, 3.63) is 29.0 Å². The fourth-order valence-electron chi connectivity index (χ4n) is 2.79. The maximum atomic E-state index is 6.04. The lowest BCUT2D eigenvalue weighted by Gasteiger charge is -2.38. The van der Waals surface area contributed by atoms with Crippen LogP contribution >= 0.6 is 15.9 Å². The first kappa shape index (κ1) is 12.8. The van der Waals surface area contributed by atoms with Crippen LogP contribution in [0.4, 0.5) is 5.69 Å². The van der Waals surface area contributed by atoms with Crippen LogP contribution in [0.5, 0.6) is 0 Å². The third kappa shape index (κ3) is 2.44. The number of aromatic nitrogens is 2. The SMILES string of the molecule is CC1CC(N)CCN1c1ccnc2cc(Br)cnc12. The Hall–Kier alpha value is -1.20. The van der Waals surface area contributed by atoms with Crippen molar-refractivity contribution in [1.29, 1.82) is 0 Å². The van der Waals surface area contributed by atoms with Gasteiger partial charge in [-0.1, -0.05) is 0 Å². The van der Waals surface area contributed by atoms with E-state index in [-0.39, 0.29) is 0 Å². The van der Waals surface area contributed by atoms with Gasteiger partial charge in [-0.15, -0.1) is 0 Å². The molecule has 2 aromatic rings. The number of rotatable bonds is 1. The van der Waals surface area contributed by atoms with Crippen molar-refractivity contribution in [2.24, 2.45) is 5.73 Å². The van der Waals surface area contributed by atoms with E-state index in [0.29, 0.717) is 12.1 Å². The highest BCUT2D eigenvalue weighted by Gasteiger charge is 2.24. The molecule has 2 unspecified atom stereocenters. The number of nitrogens with two attached hydrogens (primary N) is 1. The van der Waals surface area contributed by atoms with Crippen LogP contribution in [0.15, 0.2) is 29.0 Å². The Labute approximate surface area is 121 Å². The maximum Gasteiger partial charge on any atom is 0.112 e. The molecule has 5 heteroatoms. The number of pyridine rings is 2. The zero-order valence-electron chi connectivity index (χ0n) is 10.9. The Morgan fingerprint density at radius 1 is 1.42 bits per heavy atom. The summed E-state index contributed by atoms with van der Waals surface area (Å²) in [6.07, 6.45) is 5.74. The zero-order valence-corrected chi connectivity index (χ0v) is 12.5. The monoisotopic (exact) mass is 320 g/mol. The van der Waals surface area contributed by atoms with Crippen molar-refractivity contribution >= 4 is 32.7 Å². The molecule has 1 fully saturated rings. The summed E-state index contributed by atoms with van der Waals surface area (Å²) >= 11 is 3.44. The lowest BCUT2D eigenvalue weighted by molar-refractivity contribution is 0.430. The molecule has 100 valence electrons. The molecular weight excluding hydrogens is 304 g/mol. The van der Waals surface area contributed by atoms with Crippen molar-refractivity contribution in [3.8, 4) is 0 Å². The number of fused-ring (bicyclic) bond motifs is 1. The van der Waals surface area contributed by atoms with E-state index < -0.39 is 0 Å². The van der Waals surface area contributed by atoms with Crippen LogP contribution in [-0.4, -0.2) is 28.6 Å². The van der Waals surface area contributed by atoms with E-state index in [4.69, 9.17) is 5.73 Å². The first-order chi connectivity index (χ1) is 9.15. The van der Waals surface area contributed by atoms with Gasteiger partial charge in [0.1, 0.15) is 5.52 Å². The second kappa shape index (κ2) is 5.06. The first-order valence-corrected chi connectivity index (χ1v) is 7.37. The number of hydrogen-bond donors (Lipinski definition) is 1. The number of hydrogen-bond acceptors (Lipinski definition) is 4. The second-order valence-corrected chi connectivity index (χ2v) is 6.09. The van der Waals surface area contributed by atoms with Crippen LogP contribution in [0.2, 0.25) is 0 Å². The van der Waals surface area contributed by atoms with Crippen molar-refractivity contribution in [2.45, 2.75) is 31.8 Å². The highest BCUT2D eigenvalue weighted by Crippen LogP contribution is 2.30. The molecule has 0 spiro atoms. The first-order valence-electron chi connectivity index (χ1n) is 6.57. The zero-order chi connectivity index (χ0) is 13.4. The number of nitrogens with zero attached hydrogens (tertiary/aromatic N) is 3. The maximum absolute atomic E-state index is 6.04. The molecule has 1 saturated heterocycles. The average Bonchev–Trinajstić information content (AvgIpc) is 2.38. The van der Waals surface area contributed by atoms with Gasteiger partial charge in [-0.3, -0.25) is 9.97 Å². The highest BCUT2D eigenvalue weighted by molar-refractivity contribution is 9.10. The molecule has 0 aromatic carbocycles. The van der Waals surface area contributed by atoms with E-state index in [9.17, 15) is 0 Å². The predicted octanol–water partition coefficient (Wildman–Crippen LogP) is 2.71. The summed E-state index contributed by atoms with van der Waals surface area (Å²) in [5.41, 5.74) is 9.09. The van der Waals surface area contributed by atoms with Gasteiger partial charge in [-0.25, -0.2) is 0 Å². The number of piperidine rings is 1. The molecule has 0 radical (unpaired) electrons. The van der Waals surface area contributed by atoms with Gasteiger partial charge in [0, 0.05) is 35.5 Å². The van der Waals surface area contributed by atoms with Crippen molar-refractivity contribution < 1.29 is 0 Å². The van der Waals surface area contributed by atoms with Gasteiger partial charge in [-0.2, -0.15) is 0 Å². The van der Waals surface area contributed by atoms with E-state index in [0.717, 1.165) is 40.6 Å². The Kier molecular flexibility index (Phi) is 3.41. The van der Waals surface area contributed by atoms with Crippen molar-refractivity contribution in [2.75, 3.05) is 11.4 Å². The van der Waals surface area contributed by atoms with Crippen LogP contribution in [0, 0.1) is 0 Å². The molecule has 2 atom stereocenters. The predicted molar refractivity (Wildman–Crippen MR) is 81.3 cm³/mol. The average molecular weight is 321 g/mol. The summed E-state index contributed by atoms with van der Waals surface area (Å²) in [5, 5.41) is 0. The molecule has 2 N–H and O–H groups in total. The lowest BCUT2D eigenvalue weighted by atomic mass is 9.98. The van der Waals surface area contributed by atoms with Gasteiger partial charge in [0.2, 0.25) is 0 Å². The van der Waals surface area contributed by atoms with Gasteiger partial charge in [0.15, 0.2) is 0 Å². The molecule has 3 rings (SSSR count). The summed E-state index contributed by atoms with van der Waals surface area (Å²) in [7, 11) is 0. The van der Waals surface area contributed by atoms with E-state index in [2.05, 4.69) is 43.8 Å². The molecule has 2 aromatic heterocycles. The molecular formula is C14H17BrN4. The fourth-order valence-corrected chi connectivity index (χ4v) is 3.11. The van der Waals surface area contributed by atoms with Gasteiger partial charge < -0.3 is 10.6 Å². The van der Waals surface area contributed by atoms with Gasteiger partial charge in [-0.05, 0) is 47.8 Å². The Morgan fingerprint density at radius 3 is 3.05 bits per heavy atom. The Balaban J connectivity index is 2.05. The van der Waals surface area contributed by atoms with E-state index >= 15 is 0 Å². The number of anilines is 1. The topological polar surface area (TPSA) is 55.0 Å². The molecule has 1 aliphatic rings. The van der Waals surface area contributed by atoms with Gasteiger partial charge >= 0.3 is 0 Å². The summed E-state index contributed by atoms with van der Waals surface area (Å²) in [5.74, 6) is 0. The fraction of sp³-hybridized carbons (Fsp3) is 0.429. The van der Waals surface area contributed by atoms with Crippen LogP contribution in [0.3, 0.4) is 0 Å². The lowest BCUT2D eigenvalue weighted by Crippen LogP contribution is -2.45. The summed E-state index contributed by atoms with van der Waals surface area (Å²) in [4.78, 5) is 11.3. The van der Waals surface area contributed by atoms with E-state index in [1.807, 2.05) is 18.5 Å². The molecule has 0 bridgehead atoms. The molecule has 0 aliphatic carbocycles. The van der Waals surface area contributed by atoms with Gasteiger partial charge in [0.25, 0.3) is 0 Å². The molecule has 0 saturated carbocycles. The van der Waals surface area contributed by atoms with Crippen LogP contribution in [-0.2, 0) is 0 Å². The standard InChI is InChI=1S/C14H17BrN4/c1-9-6-11(16)3-5-19(9)13-2-4-17-12-7-10(15)8-18-14(12)13/h2,4,7-9,11H,3,5-6,16H2,1H3. The summed E-state index contributed by atoms with van der Waals surface area (Å²) < 4.78 is 0.957. The normalized spacial score (nSPS) is 23.8. The quantitative estimate of drug-likeness (QED) is 0.877. The highest BCUT2D eigenvalue weighted by atomic mass is 79.9. The van der Waals surface area contributed by atoms with E-state index in [1.165, 1.54) is 0 Å². The molecule has 19 heavy (non-hydrogen) atoms. The molecule has 1 aliphatic heterocycles. The third-order valence-electron chi connectivity index (χ3n) is 3.75. The van der Waals surface area contributed by atoms with Crippen LogP contribution < -0.4 is 10.6 Å². The van der Waals surface area contributed by atoms with Gasteiger partial charge in [0.05, 0.1) is 11.2 Å². The summed E-state index contributed by atoms with van der Waals surface area (Å²) in [6.45, 7) is 3.21. The molecule has 4 nitrogen and oxygen atoms in total. The largest absolute Gasteiger partial charge is 0.367 e. The Morgan fingerprint density at radius 2 is 2.26 bits per heavy atom. The van der Waals surface area contributed by atoms with Crippen LogP contribution in [0.1, 0.15) is 19.8 Å². The molecule has 0 amide bonds. The second-order valence-electron chi connectivity index (χ2n) is 5.18. The minimum Gasteiger partial charge on any atom is -0.367 e. The Bertz CT molecular complexity index is 601. The van der Waals surface area contributed by atoms with E-state index in [1.54, 1.807) is 0 Å². The van der Waals surface area contributed by atoms with Crippen molar-refractivity contribution in [1.82, 2.24) is 9.97 Å². The smallest absolute Gasteiger partial charge is 0.112 e. The summed E-state index contributed by atoms with van der Waals surface area (Å²) in [6, 6.07) is 4.82. The van der Waals surface area contributed by atoms with Crippen LogP contribution in [0.25, 0.3) is 11.0 Å². The third-order valence-corrected chi connectivity index (χ3v) is 4.18.